The summed E-state index contributed by atoms with van der Waals surface area (Å²) < 4.78 is 10.9. The van der Waals surface area contributed by atoms with Crippen molar-refractivity contribution >= 4 is 29.2 Å². The van der Waals surface area contributed by atoms with Crippen LogP contribution in [-0.4, -0.2) is 11.8 Å². The summed E-state index contributed by atoms with van der Waals surface area (Å²) in [5.74, 6) is 0.392. The number of carbonyl (C=O) groups is 2. The fourth-order valence-corrected chi connectivity index (χ4v) is 2.96. The maximum Gasteiger partial charge on any atom is 0.313 e. The number of ether oxygens (including phenoxy) is 2. The molecule has 2 heterocycles. The van der Waals surface area contributed by atoms with Crippen molar-refractivity contribution < 1.29 is 19.1 Å². The van der Waals surface area contributed by atoms with Gasteiger partial charge in [0.15, 0.2) is 5.76 Å². The molecule has 0 radical (unpaired) electrons. The van der Waals surface area contributed by atoms with Gasteiger partial charge in [-0.05, 0) is 36.1 Å². The van der Waals surface area contributed by atoms with E-state index in [1.165, 1.54) is 0 Å². The Morgan fingerprint density at radius 3 is 2.74 bits per heavy atom. The molecule has 0 N–H and O–H groups in total. The van der Waals surface area contributed by atoms with Gasteiger partial charge < -0.3 is 9.47 Å². The first-order chi connectivity index (χ1) is 11.0. The number of Topliss-reactive ketones (excluding diaryl/α,β-unsaturated/α-hetero) is 1. The van der Waals surface area contributed by atoms with Crippen molar-refractivity contribution in [3.63, 3.8) is 0 Å². The molecule has 0 amide bonds. The number of carbonyl (C=O) groups excluding carboxylic acids is 2. The third-order valence-electron chi connectivity index (χ3n) is 3.50. The number of hydrogen-bond donors (Lipinski definition) is 0. The zero-order valence-electron chi connectivity index (χ0n) is 13.1. The number of aryl methyl sites for hydroxylation is 1. The van der Waals surface area contributed by atoms with Gasteiger partial charge in [0, 0.05) is 17.0 Å². The number of allylic oxidation sites excluding steroid dienone is 1. The number of thiophene rings is 1. The highest BCUT2D eigenvalue weighted by Crippen LogP contribution is 2.35. The minimum absolute atomic E-state index is 0.158. The van der Waals surface area contributed by atoms with Crippen LogP contribution in [-0.2, 0) is 4.79 Å². The molecule has 118 valence electrons. The first-order valence-corrected chi connectivity index (χ1v) is 8.17. The summed E-state index contributed by atoms with van der Waals surface area (Å²) in [6.07, 6.45) is 1.75. The van der Waals surface area contributed by atoms with Crippen molar-refractivity contribution in [2.24, 2.45) is 5.92 Å². The summed E-state index contributed by atoms with van der Waals surface area (Å²) in [5, 5.41) is 1.97. The number of esters is 1. The van der Waals surface area contributed by atoms with Crippen LogP contribution in [0.5, 0.6) is 11.5 Å². The van der Waals surface area contributed by atoms with Crippen molar-refractivity contribution in [1.82, 2.24) is 0 Å². The van der Waals surface area contributed by atoms with E-state index in [0.717, 1.165) is 10.4 Å². The van der Waals surface area contributed by atoms with Gasteiger partial charge in [0.1, 0.15) is 11.5 Å². The molecule has 1 aromatic heterocycles. The lowest BCUT2D eigenvalue weighted by Crippen LogP contribution is -2.14. The van der Waals surface area contributed by atoms with Gasteiger partial charge in [-0.25, -0.2) is 0 Å². The third-order valence-corrected chi connectivity index (χ3v) is 4.46. The summed E-state index contributed by atoms with van der Waals surface area (Å²) in [6.45, 7) is 5.51. The number of hydrogen-bond acceptors (Lipinski definition) is 5. The molecule has 1 aliphatic rings. The van der Waals surface area contributed by atoms with Crippen LogP contribution in [0.3, 0.4) is 0 Å². The van der Waals surface area contributed by atoms with E-state index in [1.807, 2.05) is 18.4 Å². The molecule has 0 unspecified atom stereocenters. The van der Waals surface area contributed by atoms with Crippen LogP contribution in [0.1, 0.15) is 34.6 Å². The van der Waals surface area contributed by atoms with Gasteiger partial charge in [-0.1, -0.05) is 13.8 Å². The summed E-state index contributed by atoms with van der Waals surface area (Å²) >= 11 is 1.55. The van der Waals surface area contributed by atoms with E-state index in [4.69, 9.17) is 9.47 Å². The van der Waals surface area contributed by atoms with Crippen LogP contribution in [0.2, 0.25) is 0 Å². The van der Waals surface area contributed by atoms with Gasteiger partial charge in [-0.15, -0.1) is 11.3 Å². The monoisotopic (exact) mass is 328 g/mol. The minimum atomic E-state index is -0.320. The zero-order valence-corrected chi connectivity index (χ0v) is 13.9. The predicted octanol–water partition coefficient (Wildman–Crippen LogP) is 4.23. The molecule has 0 saturated heterocycles. The summed E-state index contributed by atoms with van der Waals surface area (Å²) in [4.78, 5) is 25.0. The molecule has 0 atom stereocenters. The molecular weight excluding hydrogens is 312 g/mol. The molecule has 1 aliphatic heterocycles. The van der Waals surface area contributed by atoms with E-state index < -0.39 is 0 Å². The van der Waals surface area contributed by atoms with Gasteiger partial charge in [0.05, 0.1) is 11.5 Å². The van der Waals surface area contributed by atoms with E-state index in [2.05, 4.69) is 0 Å². The molecule has 5 heteroatoms. The molecule has 3 rings (SSSR count). The standard InChI is InChI=1S/C18H16O4S/c1-10(2)18(20)21-12-4-5-13-14(8-12)22-15(17(13)19)9-16-11(3)6-7-23-16/h4-10H,1-3H3/b15-9-. The Labute approximate surface area is 138 Å². The molecule has 23 heavy (non-hydrogen) atoms. The zero-order chi connectivity index (χ0) is 16.6. The summed E-state index contributed by atoms with van der Waals surface area (Å²) in [6, 6.07) is 6.81. The number of ketones is 1. The highest BCUT2D eigenvalue weighted by atomic mass is 32.1. The van der Waals surface area contributed by atoms with Crippen molar-refractivity contribution in [3.8, 4) is 11.5 Å². The van der Waals surface area contributed by atoms with E-state index in [0.29, 0.717) is 17.1 Å². The molecule has 2 aromatic rings. The molecule has 0 bridgehead atoms. The predicted molar refractivity (Wildman–Crippen MR) is 88.9 cm³/mol. The molecule has 0 fully saturated rings. The Hall–Kier alpha value is -2.40. The second-order valence-corrected chi connectivity index (χ2v) is 6.59. The fraction of sp³-hybridized carbons (Fsp3) is 0.222. The van der Waals surface area contributed by atoms with Crippen molar-refractivity contribution in [2.45, 2.75) is 20.8 Å². The normalized spacial score (nSPS) is 15.0. The number of fused-ring (bicyclic) bond motifs is 1. The molecule has 4 nitrogen and oxygen atoms in total. The van der Waals surface area contributed by atoms with Crippen LogP contribution >= 0.6 is 11.3 Å². The largest absolute Gasteiger partial charge is 0.452 e. The molecule has 0 spiro atoms. The lowest BCUT2D eigenvalue weighted by Gasteiger charge is -2.07. The summed E-state index contributed by atoms with van der Waals surface area (Å²) in [5.41, 5.74) is 1.58. The average Bonchev–Trinajstić information content (AvgIpc) is 3.04. The Morgan fingerprint density at radius 1 is 1.30 bits per heavy atom. The minimum Gasteiger partial charge on any atom is -0.452 e. The van der Waals surface area contributed by atoms with Gasteiger partial charge in [0.2, 0.25) is 5.78 Å². The Morgan fingerprint density at radius 2 is 2.09 bits per heavy atom. The van der Waals surface area contributed by atoms with Crippen LogP contribution < -0.4 is 9.47 Å². The second-order valence-electron chi connectivity index (χ2n) is 5.64. The lowest BCUT2D eigenvalue weighted by atomic mass is 10.1. The van der Waals surface area contributed by atoms with Crippen LogP contribution in [0.15, 0.2) is 35.4 Å². The van der Waals surface area contributed by atoms with Crippen molar-refractivity contribution in [2.75, 3.05) is 0 Å². The lowest BCUT2D eigenvalue weighted by molar-refractivity contribution is -0.137. The number of rotatable bonds is 3. The van der Waals surface area contributed by atoms with E-state index in [9.17, 15) is 9.59 Å². The quantitative estimate of drug-likeness (QED) is 0.480. The van der Waals surface area contributed by atoms with E-state index in [1.54, 1.807) is 49.5 Å². The van der Waals surface area contributed by atoms with Gasteiger partial charge >= 0.3 is 5.97 Å². The van der Waals surface area contributed by atoms with Gasteiger partial charge in [-0.2, -0.15) is 0 Å². The van der Waals surface area contributed by atoms with Crippen molar-refractivity contribution in [3.05, 3.63) is 51.4 Å². The maximum absolute atomic E-state index is 12.4. The smallest absolute Gasteiger partial charge is 0.313 e. The average molecular weight is 328 g/mol. The first kappa shape index (κ1) is 15.5. The highest BCUT2D eigenvalue weighted by Gasteiger charge is 2.28. The molecule has 0 aliphatic carbocycles. The molecule has 1 aromatic carbocycles. The van der Waals surface area contributed by atoms with Crippen LogP contribution in [0, 0.1) is 12.8 Å². The highest BCUT2D eigenvalue weighted by molar-refractivity contribution is 7.11. The Kier molecular flexibility index (Phi) is 4.05. The maximum atomic E-state index is 12.4. The van der Waals surface area contributed by atoms with E-state index in [-0.39, 0.29) is 23.4 Å². The second kappa shape index (κ2) is 6.01. The van der Waals surface area contributed by atoms with Crippen LogP contribution in [0.4, 0.5) is 0 Å². The first-order valence-electron chi connectivity index (χ1n) is 7.30. The van der Waals surface area contributed by atoms with Crippen LogP contribution in [0.25, 0.3) is 6.08 Å². The number of benzene rings is 1. The Balaban J connectivity index is 1.87. The topological polar surface area (TPSA) is 52.6 Å². The van der Waals surface area contributed by atoms with E-state index >= 15 is 0 Å². The molecular formula is C18H16O4S. The van der Waals surface area contributed by atoms with Gasteiger partial charge in [-0.3, -0.25) is 9.59 Å². The Bertz CT molecular complexity index is 814. The SMILES string of the molecule is Cc1ccsc1/C=C1\Oc2cc(OC(=O)C(C)C)ccc2C1=O. The van der Waals surface area contributed by atoms with Crippen molar-refractivity contribution in [1.29, 1.82) is 0 Å². The van der Waals surface area contributed by atoms with Gasteiger partial charge in [0.25, 0.3) is 0 Å². The third kappa shape index (κ3) is 3.05. The molecule has 0 saturated carbocycles. The fourth-order valence-electron chi connectivity index (χ4n) is 2.12. The summed E-state index contributed by atoms with van der Waals surface area (Å²) in [7, 11) is 0.